The number of nitrogens with zero attached hydrogens (tertiary/aromatic N) is 1. The van der Waals surface area contributed by atoms with Gasteiger partial charge in [0.2, 0.25) is 0 Å². The number of likely N-dealkylation sites (N-methyl/N-ethyl adjacent to an activating group) is 1. The zero-order valence-corrected chi connectivity index (χ0v) is 9.66. The quantitative estimate of drug-likeness (QED) is 0.736. The van der Waals surface area contributed by atoms with Crippen molar-refractivity contribution < 1.29 is 0 Å². The molecule has 0 amide bonds. The molecule has 0 aliphatic carbocycles. The van der Waals surface area contributed by atoms with Gasteiger partial charge in [0.15, 0.2) is 0 Å². The summed E-state index contributed by atoms with van der Waals surface area (Å²) in [7, 11) is 2.06. The second-order valence-electron chi connectivity index (χ2n) is 4.91. The normalized spacial score (nSPS) is 34.4. The molecule has 2 nitrogen and oxygen atoms in total. The number of nitrogens with one attached hydrogen (secondary N) is 1. The van der Waals surface area contributed by atoms with E-state index in [-0.39, 0.29) is 5.54 Å². The van der Waals surface area contributed by atoms with Gasteiger partial charge in [-0.25, -0.2) is 0 Å². The van der Waals surface area contributed by atoms with E-state index in [4.69, 9.17) is 0 Å². The molecule has 0 radical (unpaired) electrons. The maximum atomic E-state index is 3.38. The Bertz CT molecular complexity index is 193. The summed E-state index contributed by atoms with van der Waals surface area (Å²) in [5.74, 6) is 1.37. The van der Waals surface area contributed by atoms with Crippen LogP contribution in [0.15, 0.2) is 0 Å². The van der Waals surface area contributed by atoms with Crippen LogP contribution in [0.5, 0.6) is 0 Å². The molecule has 0 spiro atoms. The molecule has 2 aliphatic heterocycles. The summed E-state index contributed by atoms with van der Waals surface area (Å²) in [5, 5.41) is 4.32. The number of thioether (sulfide) groups is 1. The Morgan fingerprint density at radius 2 is 2.31 bits per heavy atom. The van der Waals surface area contributed by atoms with E-state index < -0.39 is 0 Å². The Hall–Kier alpha value is 0.270. The summed E-state index contributed by atoms with van der Waals surface area (Å²) in [6.45, 7) is 7.09. The molecule has 76 valence electrons. The monoisotopic (exact) mass is 200 g/mol. The minimum absolute atomic E-state index is 0.273. The molecule has 1 N–H and O–H groups in total. The van der Waals surface area contributed by atoms with E-state index in [1.165, 1.54) is 25.3 Å². The predicted molar refractivity (Wildman–Crippen MR) is 59.4 cm³/mol. The molecular formula is C10H20N2S. The van der Waals surface area contributed by atoms with Gasteiger partial charge >= 0.3 is 0 Å². The van der Waals surface area contributed by atoms with Gasteiger partial charge in [0, 0.05) is 35.7 Å². The molecule has 2 unspecified atom stereocenters. The van der Waals surface area contributed by atoms with Crippen LogP contribution in [-0.2, 0) is 0 Å². The SMILES string of the molecule is CNC(C)(C)CN1CC2CC1CS2. The molecule has 0 aromatic carbocycles. The summed E-state index contributed by atoms with van der Waals surface area (Å²) in [6, 6.07) is 0.877. The molecule has 2 fully saturated rings. The standard InChI is InChI=1S/C10H20N2S/c1-10(2,11-3)7-12-5-9-4-8(12)6-13-9/h8-9,11H,4-7H2,1-3H3. The van der Waals surface area contributed by atoms with Gasteiger partial charge in [-0.15, -0.1) is 0 Å². The average Bonchev–Trinajstić information content (AvgIpc) is 2.64. The van der Waals surface area contributed by atoms with E-state index in [1.807, 2.05) is 0 Å². The number of hydrogen-bond acceptors (Lipinski definition) is 3. The molecule has 2 saturated heterocycles. The fourth-order valence-corrected chi connectivity index (χ4v) is 3.76. The first-order valence-electron chi connectivity index (χ1n) is 5.15. The first kappa shape index (κ1) is 9.81. The van der Waals surface area contributed by atoms with Crippen LogP contribution in [0.2, 0.25) is 0 Å². The first-order valence-corrected chi connectivity index (χ1v) is 6.20. The van der Waals surface area contributed by atoms with E-state index in [2.05, 4.69) is 42.9 Å². The van der Waals surface area contributed by atoms with E-state index in [0.29, 0.717) is 0 Å². The van der Waals surface area contributed by atoms with Gasteiger partial charge in [0.05, 0.1) is 0 Å². The van der Waals surface area contributed by atoms with Crippen LogP contribution >= 0.6 is 11.8 Å². The van der Waals surface area contributed by atoms with Crippen molar-refractivity contribution >= 4 is 11.8 Å². The van der Waals surface area contributed by atoms with Gasteiger partial charge in [0.1, 0.15) is 0 Å². The van der Waals surface area contributed by atoms with Crippen LogP contribution in [0.1, 0.15) is 20.3 Å². The van der Waals surface area contributed by atoms with Gasteiger partial charge < -0.3 is 5.32 Å². The molecule has 0 aromatic rings. The van der Waals surface area contributed by atoms with Crippen LogP contribution < -0.4 is 5.32 Å². The van der Waals surface area contributed by atoms with Crippen molar-refractivity contribution in [3.63, 3.8) is 0 Å². The fraction of sp³-hybridized carbons (Fsp3) is 1.00. The molecule has 2 aliphatic rings. The lowest BCUT2D eigenvalue weighted by atomic mass is 10.1. The summed E-state index contributed by atoms with van der Waals surface area (Å²) < 4.78 is 0. The van der Waals surface area contributed by atoms with Crippen molar-refractivity contribution in [1.29, 1.82) is 0 Å². The Balaban J connectivity index is 1.89. The zero-order valence-electron chi connectivity index (χ0n) is 8.84. The average molecular weight is 200 g/mol. The Morgan fingerprint density at radius 1 is 1.54 bits per heavy atom. The molecule has 0 aromatic heterocycles. The van der Waals surface area contributed by atoms with Crippen molar-refractivity contribution in [3.8, 4) is 0 Å². The lowest BCUT2D eigenvalue weighted by molar-refractivity contribution is 0.202. The van der Waals surface area contributed by atoms with E-state index in [0.717, 1.165) is 11.3 Å². The molecule has 2 bridgehead atoms. The molecule has 2 atom stereocenters. The number of fused-ring (bicyclic) bond motifs is 2. The van der Waals surface area contributed by atoms with Crippen molar-refractivity contribution in [2.24, 2.45) is 0 Å². The maximum Gasteiger partial charge on any atom is 0.0249 e. The van der Waals surface area contributed by atoms with Crippen LogP contribution in [-0.4, -0.2) is 47.6 Å². The summed E-state index contributed by atoms with van der Waals surface area (Å²) in [5.41, 5.74) is 0.273. The summed E-state index contributed by atoms with van der Waals surface area (Å²) in [6.07, 6.45) is 1.43. The third-order valence-corrected chi connectivity index (χ3v) is 4.68. The van der Waals surface area contributed by atoms with E-state index in [9.17, 15) is 0 Å². The van der Waals surface area contributed by atoms with Gasteiger partial charge in [-0.2, -0.15) is 11.8 Å². The maximum absolute atomic E-state index is 3.38. The number of hydrogen-bond donors (Lipinski definition) is 1. The van der Waals surface area contributed by atoms with E-state index >= 15 is 0 Å². The highest BCUT2D eigenvalue weighted by Gasteiger charge is 2.39. The Morgan fingerprint density at radius 3 is 2.77 bits per heavy atom. The lowest BCUT2D eigenvalue weighted by Gasteiger charge is -2.34. The molecule has 0 saturated carbocycles. The first-order chi connectivity index (χ1) is 6.11. The Kier molecular flexibility index (Phi) is 2.60. The van der Waals surface area contributed by atoms with Crippen molar-refractivity contribution in [1.82, 2.24) is 10.2 Å². The van der Waals surface area contributed by atoms with Crippen molar-refractivity contribution in [3.05, 3.63) is 0 Å². The van der Waals surface area contributed by atoms with Crippen molar-refractivity contribution in [2.75, 3.05) is 25.9 Å². The van der Waals surface area contributed by atoms with Crippen LogP contribution in [0.3, 0.4) is 0 Å². The zero-order chi connectivity index (χ0) is 9.47. The minimum Gasteiger partial charge on any atom is -0.314 e. The van der Waals surface area contributed by atoms with Gasteiger partial charge in [-0.3, -0.25) is 4.90 Å². The fourth-order valence-electron chi connectivity index (χ4n) is 2.26. The second kappa shape index (κ2) is 3.44. The third kappa shape index (κ3) is 2.03. The lowest BCUT2D eigenvalue weighted by Crippen LogP contribution is -2.50. The van der Waals surface area contributed by atoms with Gasteiger partial charge in [-0.1, -0.05) is 0 Å². The summed E-state index contributed by atoms with van der Waals surface area (Å²) in [4.78, 5) is 2.66. The number of likely N-dealkylation sites (tertiary alicyclic amines) is 1. The second-order valence-corrected chi connectivity index (χ2v) is 6.24. The molecule has 3 heteroatoms. The van der Waals surface area contributed by atoms with Gasteiger partial charge in [0.25, 0.3) is 0 Å². The molecule has 2 rings (SSSR count). The molecular weight excluding hydrogens is 180 g/mol. The van der Waals surface area contributed by atoms with Crippen molar-refractivity contribution in [2.45, 2.75) is 37.1 Å². The van der Waals surface area contributed by atoms with Crippen LogP contribution in [0.4, 0.5) is 0 Å². The smallest absolute Gasteiger partial charge is 0.0249 e. The minimum atomic E-state index is 0.273. The summed E-state index contributed by atoms with van der Waals surface area (Å²) >= 11 is 2.17. The highest BCUT2D eigenvalue weighted by Crippen LogP contribution is 2.37. The van der Waals surface area contributed by atoms with Crippen LogP contribution in [0, 0.1) is 0 Å². The van der Waals surface area contributed by atoms with E-state index in [1.54, 1.807) is 0 Å². The van der Waals surface area contributed by atoms with Crippen LogP contribution in [0.25, 0.3) is 0 Å². The number of rotatable bonds is 3. The highest BCUT2D eigenvalue weighted by molar-refractivity contribution is 8.00. The molecule has 13 heavy (non-hydrogen) atoms. The molecule has 2 heterocycles. The van der Waals surface area contributed by atoms with Gasteiger partial charge in [-0.05, 0) is 27.3 Å². The highest BCUT2D eigenvalue weighted by atomic mass is 32.2. The predicted octanol–water partition coefficient (Wildman–Crippen LogP) is 1.17. The topological polar surface area (TPSA) is 15.3 Å². The Labute approximate surface area is 85.4 Å². The third-order valence-electron chi connectivity index (χ3n) is 3.29. The largest absolute Gasteiger partial charge is 0.314 e.